The molecule has 8 N–H and O–H groups in total. The van der Waals surface area contributed by atoms with E-state index in [1.807, 2.05) is 0 Å². The van der Waals surface area contributed by atoms with Gasteiger partial charge < -0.3 is 25.4 Å². The van der Waals surface area contributed by atoms with E-state index in [0.717, 1.165) is 0 Å². The number of aromatic nitrogens is 2. The van der Waals surface area contributed by atoms with Crippen LogP contribution in [0.25, 0.3) is 0 Å². The molecule has 0 saturated carbocycles. The predicted octanol–water partition coefficient (Wildman–Crippen LogP) is -3.02. The van der Waals surface area contributed by atoms with Gasteiger partial charge in [-0.25, -0.2) is 9.98 Å². The fourth-order valence-electron chi connectivity index (χ4n) is 2.36. The summed E-state index contributed by atoms with van der Waals surface area (Å²) in [6.07, 6.45) is -1.49. The number of hydrogen-bond donors (Lipinski definition) is 6. The molecule has 20 heavy (non-hydrogen) atoms. The molecule has 10 heteroatoms. The van der Waals surface area contributed by atoms with E-state index in [9.17, 15) is 10.2 Å². The first-order valence-electron chi connectivity index (χ1n) is 6.03. The number of aliphatic hydroxyl groups is 3. The topological polar surface area (TPSA) is 164 Å². The number of aliphatic hydroxyl groups excluding tert-OH is 3. The van der Waals surface area contributed by atoms with Crippen LogP contribution in [0.2, 0.25) is 0 Å². The number of imidazole rings is 1. The molecule has 2 aliphatic rings. The highest BCUT2D eigenvalue weighted by Gasteiger charge is 2.45. The van der Waals surface area contributed by atoms with Gasteiger partial charge in [-0.2, -0.15) is 0 Å². The zero-order valence-electron chi connectivity index (χ0n) is 10.4. The number of nitrogens with one attached hydrogen (secondary N) is 1. The second-order valence-corrected chi connectivity index (χ2v) is 4.81. The predicted molar refractivity (Wildman–Crippen MR) is 67.4 cm³/mol. The Balaban J connectivity index is 1.96. The smallest absolute Gasteiger partial charge is 0.208 e. The number of nitrogens with zero attached hydrogens (tertiary/aromatic N) is 3. The summed E-state index contributed by atoms with van der Waals surface area (Å²) < 4.78 is 6.88. The molecular weight excluding hydrogens is 268 g/mol. The lowest BCUT2D eigenvalue weighted by Gasteiger charge is -2.25. The quantitative estimate of drug-likeness (QED) is 0.312. The molecule has 0 amide bonds. The van der Waals surface area contributed by atoms with Gasteiger partial charge in [0.05, 0.1) is 19.3 Å². The lowest BCUT2D eigenvalue weighted by molar-refractivity contribution is -0.0518. The first-order chi connectivity index (χ1) is 9.45. The van der Waals surface area contributed by atoms with Crippen LogP contribution in [0.5, 0.6) is 0 Å². The van der Waals surface area contributed by atoms with E-state index in [0.29, 0.717) is 5.82 Å². The zero-order chi connectivity index (χ0) is 14.5. The second kappa shape index (κ2) is 4.48. The van der Waals surface area contributed by atoms with Crippen molar-refractivity contribution in [3.8, 4) is 0 Å². The Labute approximate surface area is 113 Å². The first kappa shape index (κ1) is 13.4. The largest absolute Gasteiger partial charge is 0.394 e. The molecule has 0 aliphatic carbocycles. The van der Waals surface area contributed by atoms with Gasteiger partial charge in [-0.15, -0.1) is 0 Å². The molecule has 0 radical (unpaired) electrons. The van der Waals surface area contributed by atoms with Crippen molar-refractivity contribution in [2.45, 2.75) is 30.3 Å². The SMILES string of the molecule is NC1(N)N=CNc2c1ncn2[C@@H]1O[C@H](CO)[C@@H](O)[C@H]1O. The van der Waals surface area contributed by atoms with Crippen molar-refractivity contribution >= 4 is 12.2 Å². The Bertz CT molecular complexity index is 544. The van der Waals surface area contributed by atoms with Gasteiger partial charge in [0, 0.05) is 0 Å². The number of hydrogen-bond acceptors (Lipinski definition) is 9. The van der Waals surface area contributed by atoms with Crippen LogP contribution in [0, 0.1) is 0 Å². The highest BCUT2D eigenvalue weighted by Crippen LogP contribution is 2.35. The van der Waals surface area contributed by atoms with Crippen LogP contribution < -0.4 is 16.8 Å². The monoisotopic (exact) mass is 284 g/mol. The molecule has 0 bridgehead atoms. The van der Waals surface area contributed by atoms with Crippen molar-refractivity contribution < 1.29 is 20.1 Å². The Morgan fingerprint density at radius 2 is 2.15 bits per heavy atom. The van der Waals surface area contributed by atoms with E-state index in [4.69, 9.17) is 21.3 Å². The van der Waals surface area contributed by atoms with E-state index in [1.54, 1.807) is 0 Å². The number of anilines is 1. The highest BCUT2D eigenvalue weighted by atomic mass is 16.6. The third-order valence-corrected chi connectivity index (χ3v) is 3.44. The van der Waals surface area contributed by atoms with Crippen LogP contribution in [-0.2, 0) is 10.5 Å². The van der Waals surface area contributed by atoms with Crippen molar-refractivity contribution in [2.24, 2.45) is 16.5 Å². The fraction of sp³-hybridized carbons (Fsp3) is 0.600. The van der Waals surface area contributed by atoms with Crippen LogP contribution in [0.1, 0.15) is 11.9 Å². The summed E-state index contributed by atoms with van der Waals surface area (Å²) in [4.78, 5) is 7.93. The molecule has 4 atom stereocenters. The number of nitrogens with two attached hydrogens (primary N) is 2. The summed E-state index contributed by atoms with van der Waals surface area (Å²) >= 11 is 0. The van der Waals surface area contributed by atoms with Crippen LogP contribution in [-0.4, -0.2) is 56.1 Å². The third-order valence-electron chi connectivity index (χ3n) is 3.44. The summed E-state index contributed by atoms with van der Waals surface area (Å²) in [5, 5.41) is 31.7. The summed E-state index contributed by atoms with van der Waals surface area (Å²) in [5.74, 6) is -1.05. The normalized spacial score (nSPS) is 34.9. The lowest BCUT2D eigenvalue weighted by atomic mass is 10.1. The van der Waals surface area contributed by atoms with Gasteiger partial charge in [0.2, 0.25) is 5.79 Å². The molecule has 0 aromatic carbocycles. The molecule has 110 valence electrons. The molecule has 1 saturated heterocycles. The number of fused-ring (bicyclic) bond motifs is 1. The molecule has 1 aromatic heterocycles. The summed E-state index contributed by atoms with van der Waals surface area (Å²) in [5.41, 5.74) is 11.9. The number of rotatable bonds is 2. The Morgan fingerprint density at radius 3 is 2.80 bits per heavy atom. The number of ether oxygens (including phenoxy) is 1. The van der Waals surface area contributed by atoms with Gasteiger partial charge in [-0.05, 0) is 0 Å². The second-order valence-electron chi connectivity index (χ2n) is 4.81. The minimum atomic E-state index is -1.47. The fourth-order valence-corrected chi connectivity index (χ4v) is 2.36. The van der Waals surface area contributed by atoms with E-state index in [2.05, 4.69) is 15.3 Å². The molecule has 3 rings (SSSR count). The Kier molecular flexibility index (Phi) is 3.01. The average molecular weight is 284 g/mol. The maximum atomic E-state index is 10.0. The minimum Gasteiger partial charge on any atom is -0.394 e. The van der Waals surface area contributed by atoms with Gasteiger partial charge in [-0.1, -0.05) is 0 Å². The first-order valence-corrected chi connectivity index (χ1v) is 6.03. The van der Waals surface area contributed by atoms with Crippen molar-refractivity contribution in [1.82, 2.24) is 9.55 Å². The van der Waals surface area contributed by atoms with Crippen LogP contribution in [0.4, 0.5) is 5.82 Å². The average Bonchev–Trinajstić information content (AvgIpc) is 2.94. The summed E-state index contributed by atoms with van der Waals surface area (Å²) in [6.45, 7) is -0.405. The minimum absolute atomic E-state index is 0.290. The standard InChI is InChI=1S/C10H16N6O4/c11-10(12)7-8(13-2-15-10)16(3-14-7)9-6(19)5(18)4(1-17)20-9/h2-6,9,17-19H,1,11-12H2,(H,13,15)/t4-,5-,6-,9-/m1/s1. The van der Waals surface area contributed by atoms with Crippen molar-refractivity contribution in [3.05, 3.63) is 12.0 Å². The molecule has 0 unspecified atom stereocenters. The molecular formula is C10H16N6O4. The van der Waals surface area contributed by atoms with Gasteiger partial charge in [0.15, 0.2) is 6.23 Å². The van der Waals surface area contributed by atoms with Crippen LogP contribution >= 0.6 is 0 Å². The molecule has 1 aromatic rings. The van der Waals surface area contributed by atoms with Crippen molar-refractivity contribution in [2.75, 3.05) is 11.9 Å². The summed E-state index contributed by atoms with van der Waals surface area (Å²) in [7, 11) is 0. The third kappa shape index (κ3) is 1.82. The molecule has 10 nitrogen and oxygen atoms in total. The van der Waals surface area contributed by atoms with Crippen LogP contribution in [0.3, 0.4) is 0 Å². The maximum absolute atomic E-state index is 10.0. The molecule has 2 aliphatic heterocycles. The van der Waals surface area contributed by atoms with Crippen molar-refractivity contribution in [3.63, 3.8) is 0 Å². The Hall–Kier alpha value is -1.56. The zero-order valence-corrected chi connectivity index (χ0v) is 10.4. The molecule has 0 spiro atoms. The van der Waals surface area contributed by atoms with Gasteiger partial charge >= 0.3 is 0 Å². The van der Waals surface area contributed by atoms with Gasteiger partial charge in [0.1, 0.15) is 29.8 Å². The van der Waals surface area contributed by atoms with E-state index in [-0.39, 0.29) is 5.69 Å². The van der Waals surface area contributed by atoms with Crippen molar-refractivity contribution in [1.29, 1.82) is 0 Å². The molecule has 3 heterocycles. The van der Waals surface area contributed by atoms with Gasteiger partial charge in [-0.3, -0.25) is 16.0 Å². The Morgan fingerprint density at radius 1 is 1.40 bits per heavy atom. The lowest BCUT2D eigenvalue weighted by Crippen LogP contribution is -2.47. The van der Waals surface area contributed by atoms with E-state index >= 15 is 0 Å². The van der Waals surface area contributed by atoms with E-state index in [1.165, 1.54) is 17.2 Å². The molecule has 1 fully saturated rings. The maximum Gasteiger partial charge on any atom is 0.208 e. The highest BCUT2D eigenvalue weighted by molar-refractivity contribution is 5.78. The van der Waals surface area contributed by atoms with Crippen LogP contribution in [0.15, 0.2) is 11.3 Å². The van der Waals surface area contributed by atoms with Gasteiger partial charge in [0.25, 0.3) is 0 Å². The number of aliphatic imine (C=N–C) groups is 1. The summed E-state index contributed by atoms with van der Waals surface area (Å²) in [6, 6.07) is 0. The van der Waals surface area contributed by atoms with E-state index < -0.39 is 36.9 Å².